The maximum atomic E-state index is 11.8. The van der Waals surface area contributed by atoms with Crippen LogP contribution in [-0.4, -0.2) is 39.7 Å². The summed E-state index contributed by atoms with van der Waals surface area (Å²) in [5.74, 6) is 0.0820. The van der Waals surface area contributed by atoms with Gasteiger partial charge < -0.3 is 10.6 Å². The fourth-order valence-corrected chi connectivity index (χ4v) is 2.01. The summed E-state index contributed by atoms with van der Waals surface area (Å²) in [6.07, 6.45) is 4.35. The highest BCUT2D eigenvalue weighted by Gasteiger charge is 2.23. The molecule has 0 bridgehead atoms. The van der Waals surface area contributed by atoms with Crippen molar-refractivity contribution in [3.8, 4) is 0 Å². The van der Waals surface area contributed by atoms with E-state index in [1.54, 1.807) is 22.0 Å². The zero-order valence-electron chi connectivity index (χ0n) is 8.67. The smallest absolute Gasteiger partial charge is 0.244 e. The molecule has 0 unspecified atom stereocenters. The van der Waals surface area contributed by atoms with Gasteiger partial charge in [-0.2, -0.15) is 5.10 Å². The Labute approximate surface area is 109 Å². The van der Waals surface area contributed by atoms with E-state index in [-0.39, 0.29) is 30.9 Å². The van der Waals surface area contributed by atoms with Crippen molar-refractivity contribution in [2.24, 2.45) is 5.73 Å². The third kappa shape index (κ3) is 3.20. The molecule has 5 nitrogen and oxygen atoms in total. The molecule has 0 saturated carbocycles. The summed E-state index contributed by atoms with van der Waals surface area (Å²) in [4.78, 5) is 13.6. The van der Waals surface area contributed by atoms with Crippen molar-refractivity contribution in [1.29, 1.82) is 0 Å². The zero-order valence-corrected chi connectivity index (χ0v) is 11.1. The van der Waals surface area contributed by atoms with E-state index in [9.17, 15) is 4.79 Å². The van der Waals surface area contributed by atoms with E-state index in [1.807, 2.05) is 0 Å². The standard InChI is InChI=1S/C9H13BrN4O.ClH/c10-7-3-12-14(4-7)6-9(15)13-2-1-8(11)5-13;/h3-4,8H,1-2,5-6,11H2;1H/t8-;/m1./s1. The number of aromatic nitrogens is 2. The summed E-state index contributed by atoms with van der Waals surface area (Å²) < 4.78 is 2.50. The van der Waals surface area contributed by atoms with Crippen molar-refractivity contribution in [3.05, 3.63) is 16.9 Å². The topological polar surface area (TPSA) is 64.2 Å². The molecule has 90 valence electrons. The van der Waals surface area contributed by atoms with E-state index < -0.39 is 0 Å². The minimum atomic E-state index is 0. The molecule has 0 spiro atoms. The molecule has 1 atom stereocenters. The molecular weight excluding hydrogens is 295 g/mol. The van der Waals surface area contributed by atoms with Gasteiger partial charge in [-0.1, -0.05) is 0 Å². The first-order valence-electron chi connectivity index (χ1n) is 4.86. The van der Waals surface area contributed by atoms with Crippen molar-refractivity contribution in [2.75, 3.05) is 13.1 Å². The molecular formula is C9H14BrClN4O. The molecule has 1 amide bonds. The third-order valence-electron chi connectivity index (χ3n) is 2.48. The first kappa shape index (κ1) is 13.5. The molecule has 2 heterocycles. The van der Waals surface area contributed by atoms with E-state index in [0.717, 1.165) is 17.4 Å². The molecule has 1 aliphatic rings. The van der Waals surface area contributed by atoms with Crippen LogP contribution in [0.15, 0.2) is 16.9 Å². The predicted octanol–water partition coefficient (Wildman–Crippen LogP) is 0.627. The van der Waals surface area contributed by atoms with Crippen molar-refractivity contribution in [3.63, 3.8) is 0 Å². The Bertz CT molecular complexity index is 370. The Morgan fingerprint density at radius 1 is 1.69 bits per heavy atom. The van der Waals surface area contributed by atoms with Crippen LogP contribution in [0.1, 0.15) is 6.42 Å². The summed E-state index contributed by atoms with van der Waals surface area (Å²) in [5.41, 5.74) is 5.74. The van der Waals surface area contributed by atoms with Crippen LogP contribution in [0.5, 0.6) is 0 Å². The minimum Gasteiger partial charge on any atom is -0.339 e. The molecule has 2 rings (SSSR count). The van der Waals surface area contributed by atoms with Gasteiger partial charge in [0.2, 0.25) is 5.91 Å². The van der Waals surface area contributed by atoms with Crippen molar-refractivity contribution in [2.45, 2.75) is 19.0 Å². The average Bonchev–Trinajstić information content (AvgIpc) is 2.75. The van der Waals surface area contributed by atoms with Gasteiger partial charge in [-0.15, -0.1) is 12.4 Å². The lowest BCUT2D eigenvalue weighted by Crippen LogP contribution is -2.34. The van der Waals surface area contributed by atoms with Crippen LogP contribution in [0.4, 0.5) is 0 Å². The minimum absolute atomic E-state index is 0. The number of halogens is 2. The summed E-state index contributed by atoms with van der Waals surface area (Å²) in [5, 5.41) is 4.04. The molecule has 7 heteroatoms. The molecule has 0 radical (unpaired) electrons. The molecule has 1 aromatic heterocycles. The molecule has 0 aliphatic carbocycles. The van der Waals surface area contributed by atoms with Crippen molar-refractivity contribution >= 4 is 34.2 Å². The highest BCUT2D eigenvalue weighted by molar-refractivity contribution is 9.10. The summed E-state index contributed by atoms with van der Waals surface area (Å²) >= 11 is 3.29. The van der Waals surface area contributed by atoms with E-state index in [0.29, 0.717) is 6.54 Å². The number of hydrogen-bond acceptors (Lipinski definition) is 3. The van der Waals surface area contributed by atoms with Crippen LogP contribution in [0.2, 0.25) is 0 Å². The highest BCUT2D eigenvalue weighted by atomic mass is 79.9. The van der Waals surface area contributed by atoms with Crippen LogP contribution in [0.3, 0.4) is 0 Å². The number of amides is 1. The normalized spacial score (nSPS) is 19.6. The lowest BCUT2D eigenvalue weighted by molar-refractivity contribution is -0.131. The number of carbonyl (C=O) groups is 1. The number of hydrogen-bond donors (Lipinski definition) is 1. The van der Waals surface area contributed by atoms with Crippen LogP contribution >= 0.6 is 28.3 Å². The number of nitrogens with zero attached hydrogens (tertiary/aromatic N) is 3. The Morgan fingerprint density at radius 3 is 2.94 bits per heavy atom. The number of nitrogens with two attached hydrogens (primary N) is 1. The molecule has 1 aromatic rings. The van der Waals surface area contributed by atoms with Crippen LogP contribution < -0.4 is 5.73 Å². The van der Waals surface area contributed by atoms with Crippen LogP contribution in [-0.2, 0) is 11.3 Å². The number of likely N-dealkylation sites (tertiary alicyclic amines) is 1. The fraction of sp³-hybridized carbons (Fsp3) is 0.556. The SMILES string of the molecule is Cl.N[C@@H]1CCN(C(=O)Cn2cc(Br)cn2)C1. The molecule has 2 N–H and O–H groups in total. The second-order valence-electron chi connectivity index (χ2n) is 3.74. The fourth-order valence-electron chi connectivity index (χ4n) is 1.68. The van der Waals surface area contributed by atoms with E-state index in [1.165, 1.54) is 0 Å². The third-order valence-corrected chi connectivity index (χ3v) is 2.89. The maximum absolute atomic E-state index is 11.8. The van der Waals surface area contributed by atoms with E-state index in [4.69, 9.17) is 5.73 Å². The monoisotopic (exact) mass is 308 g/mol. The predicted molar refractivity (Wildman–Crippen MR) is 66.3 cm³/mol. The first-order valence-corrected chi connectivity index (χ1v) is 5.66. The second-order valence-corrected chi connectivity index (χ2v) is 4.66. The molecule has 1 saturated heterocycles. The van der Waals surface area contributed by atoms with Gasteiger partial charge in [-0.3, -0.25) is 9.48 Å². The van der Waals surface area contributed by atoms with Crippen molar-refractivity contribution < 1.29 is 4.79 Å². The van der Waals surface area contributed by atoms with Gasteiger partial charge in [-0.25, -0.2) is 0 Å². The Kier molecular flexibility index (Phi) is 4.76. The van der Waals surface area contributed by atoms with Gasteiger partial charge in [-0.05, 0) is 22.4 Å². The summed E-state index contributed by atoms with van der Waals surface area (Å²) in [6.45, 7) is 1.72. The molecule has 1 aliphatic heterocycles. The Hall–Kier alpha value is -0.590. The van der Waals surface area contributed by atoms with Gasteiger partial charge in [0.05, 0.1) is 10.7 Å². The van der Waals surface area contributed by atoms with Crippen molar-refractivity contribution in [1.82, 2.24) is 14.7 Å². The van der Waals surface area contributed by atoms with E-state index in [2.05, 4.69) is 21.0 Å². The summed E-state index contributed by atoms with van der Waals surface area (Å²) in [7, 11) is 0. The Morgan fingerprint density at radius 2 is 2.44 bits per heavy atom. The van der Waals surface area contributed by atoms with Gasteiger partial charge in [0.15, 0.2) is 0 Å². The largest absolute Gasteiger partial charge is 0.339 e. The van der Waals surface area contributed by atoms with Gasteiger partial charge in [0.1, 0.15) is 6.54 Å². The van der Waals surface area contributed by atoms with Crippen LogP contribution in [0.25, 0.3) is 0 Å². The molecule has 0 aromatic carbocycles. The van der Waals surface area contributed by atoms with Gasteiger partial charge >= 0.3 is 0 Å². The highest BCUT2D eigenvalue weighted by Crippen LogP contribution is 2.09. The number of carbonyl (C=O) groups excluding carboxylic acids is 1. The maximum Gasteiger partial charge on any atom is 0.244 e. The van der Waals surface area contributed by atoms with E-state index >= 15 is 0 Å². The Balaban J connectivity index is 0.00000128. The summed E-state index contributed by atoms with van der Waals surface area (Å²) in [6, 6.07) is 0.137. The average molecular weight is 310 g/mol. The molecule has 1 fully saturated rings. The lowest BCUT2D eigenvalue weighted by Gasteiger charge is -2.15. The quantitative estimate of drug-likeness (QED) is 0.871. The lowest BCUT2D eigenvalue weighted by atomic mass is 10.3. The second kappa shape index (κ2) is 5.65. The number of rotatable bonds is 2. The zero-order chi connectivity index (χ0) is 10.8. The van der Waals surface area contributed by atoms with Crippen LogP contribution in [0, 0.1) is 0 Å². The molecule has 16 heavy (non-hydrogen) atoms. The van der Waals surface area contributed by atoms with Gasteiger partial charge in [0, 0.05) is 25.3 Å². The first-order chi connectivity index (χ1) is 7.15. The van der Waals surface area contributed by atoms with Gasteiger partial charge in [0.25, 0.3) is 0 Å².